The Kier molecular flexibility index (Phi) is 10.9. The maximum atomic E-state index is 12.5. The van der Waals surface area contributed by atoms with Gasteiger partial charge in [0.15, 0.2) is 11.9 Å². The van der Waals surface area contributed by atoms with Crippen LogP contribution in [0.4, 0.5) is 5.69 Å². The number of anilines is 1. The zero-order chi connectivity index (χ0) is 24.9. The molecule has 0 saturated carbocycles. The number of ether oxygens (including phenoxy) is 4. The monoisotopic (exact) mass is 471 g/mol. The summed E-state index contributed by atoms with van der Waals surface area (Å²) in [7, 11) is 2.99. The van der Waals surface area contributed by atoms with Gasteiger partial charge in [-0.3, -0.25) is 14.4 Å². The van der Waals surface area contributed by atoms with Crippen LogP contribution in [0.2, 0.25) is 0 Å². The molecule has 34 heavy (non-hydrogen) atoms. The fraction of sp³-hybridized carbons (Fsp3) is 0.423. The van der Waals surface area contributed by atoms with Crippen molar-refractivity contribution >= 4 is 23.3 Å². The van der Waals surface area contributed by atoms with Gasteiger partial charge < -0.3 is 24.3 Å². The minimum absolute atomic E-state index is 0.0203. The van der Waals surface area contributed by atoms with Crippen LogP contribution in [-0.4, -0.2) is 44.6 Å². The second kappa shape index (κ2) is 13.9. The summed E-state index contributed by atoms with van der Waals surface area (Å²) in [5.41, 5.74) is 0.882. The van der Waals surface area contributed by atoms with Gasteiger partial charge >= 0.3 is 5.97 Å². The average Bonchev–Trinajstić information content (AvgIpc) is 2.85. The van der Waals surface area contributed by atoms with Crippen molar-refractivity contribution in [2.45, 2.75) is 52.1 Å². The Morgan fingerprint density at radius 2 is 1.62 bits per heavy atom. The highest BCUT2D eigenvalue weighted by molar-refractivity contribution is 5.98. The van der Waals surface area contributed by atoms with E-state index in [1.165, 1.54) is 21.1 Å². The van der Waals surface area contributed by atoms with Gasteiger partial charge in [-0.15, -0.1) is 0 Å². The Morgan fingerprint density at radius 1 is 0.912 bits per heavy atom. The molecule has 0 aromatic heterocycles. The lowest BCUT2D eigenvalue weighted by molar-refractivity contribution is -0.153. The van der Waals surface area contributed by atoms with Gasteiger partial charge in [0.1, 0.15) is 17.2 Å². The van der Waals surface area contributed by atoms with Crippen LogP contribution in [0.3, 0.4) is 0 Å². The Morgan fingerprint density at radius 3 is 2.26 bits per heavy atom. The van der Waals surface area contributed by atoms with Crippen LogP contribution >= 0.6 is 0 Å². The maximum absolute atomic E-state index is 12.5. The smallest absolute Gasteiger partial charge is 0.307 e. The Hall–Kier alpha value is -3.55. The predicted octanol–water partition coefficient (Wildman–Crippen LogP) is 4.81. The quantitative estimate of drug-likeness (QED) is 0.240. The Labute approximate surface area is 200 Å². The number of esters is 1. The van der Waals surface area contributed by atoms with Crippen LogP contribution in [0.25, 0.3) is 0 Å². The van der Waals surface area contributed by atoms with E-state index in [9.17, 15) is 14.4 Å². The highest BCUT2D eigenvalue weighted by atomic mass is 16.5. The molecule has 0 spiro atoms. The van der Waals surface area contributed by atoms with Crippen molar-refractivity contribution in [1.29, 1.82) is 0 Å². The molecule has 1 amide bonds. The number of hydrogen-bond acceptors (Lipinski definition) is 7. The number of Topliss-reactive ketones (excluding diaryl/α,β-unsaturated/α-hetero) is 1. The average molecular weight is 472 g/mol. The lowest BCUT2D eigenvalue weighted by Crippen LogP contribution is -2.30. The molecule has 2 aromatic carbocycles. The summed E-state index contributed by atoms with van der Waals surface area (Å²) in [6, 6.07) is 11.8. The zero-order valence-electron chi connectivity index (χ0n) is 20.2. The molecule has 1 N–H and O–H groups in total. The van der Waals surface area contributed by atoms with Crippen molar-refractivity contribution < 1.29 is 33.3 Å². The lowest BCUT2D eigenvalue weighted by atomic mass is 10.1. The molecule has 184 valence electrons. The van der Waals surface area contributed by atoms with Crippen LogP contribution < -0.4 is 19.5 Å². The molecule has 0 saturated heterocycles. The van der Waals surface area contributed by atoms with Crippen LogP contribution in [0, 0.1) is 0 Å². The van der Waals surface area contributed by atoms with Crippen molar-refractivity contribution in [3.63, 3.8) is 0 Å². The molecule has 8 heteroatoms. The van der Waals surface area contributed by atoms with E-state index in [0.717, 1.165) is 19.3 Å². The number of hydrogen-bond donors (Lipinski definition) is 1. The fourth-order valence-electron chi connectivity index (χ4n) is 3.09. The summed E-state index contributed by atoms with van der Waals surface area (Å²) in [5.74, 6) is 0.337. The number of carbonyl (C=O) groups excluding carboxylic acids is 3. The van der Waals surface area contributed by atoms with Crippen molar-refractivity contribution in [2.75, 3.05) is 26.1 Å². The van der Waals surface area contributed by atoms with Crippen LogP contribution in [0.5, 0.6) is 17.2 Å². The van der Waals surface area contributed by atoms with Gasteiger partial charge in [0, 0.05) is 18.1 Å². The number of ketones is 1. The molecule has 2 rings (SSSR count). The van der Waals surface area contributed by atoms with E-state index in [2.05, 4.69) is 12.2 Å². The number of rotatable bonds is 14. The first kappa shape index (κ1) is 26.7. The highest BCUT2D eigenvalue weighted by Crippen LogP contribution is 2.29. The zero-order valence-corrected chi connectivity index (χ0v) is 20.2. The van der Waals surface area contributed by atoms with E-state index in [1.54, 1.807) is 42.5 Å². The van der Waals surface area contributed by atoms with E-state index in [-0.39, 0.29) is 18.6 Å². The Balaban J connectivity index is 1.80. The number of methoxy groups -OCH3 is 2. The van der Waals surface area contributed by atoms with Gasteiger partial charge in [-0.25, -0.2) is 0 Å². The number of benzene rings is 2. The third kappa shape index (κ3) is 8.42. The van der Waals surface area contributed by atoms with E-state index >= 15 is 0 Å². The van der Waals surface area contributed by atoms with Crippen molar-refractivity contribution in [3.8, 4) is 17.2 Å². The molecule has 0 fully saturated rings. The predicted molar refractivity (Wildman–Crippen MR) is 129 cm³/mol. The van der Waals surface area contributed by atoms with E-state index in [1.807, 2.05) is 0 Å². The molecule has 1 unspecified atom stereocenters. The standard InChI is InChI=1S/C26H33NO7/c1-5-6-7-16-33-20-10-8-19(9-11-20)23(28)13-15-25(29)34-18(2)26(30)27-22-17-21(31-3)12-14-24(22)32-4/h8-12,14,17-18H,5-7,13,15-16H2,1-4H3,(H,27,30). The van der Waals surface area contributed by atoms with E-state index in [0.29, 0.717) is 35.1 Å². The minimum atomic E-state index is -1.05. The topological polar surface area (TPSA) is 100 Å². The molecule has 8 nitrogen and oxygen atoms in total. The summed E-state index contributed by atoms with van der Waals surface area (Å²) in [6.45, 7) is 4.23. The number of nitrogens with one attached hydrogen (secondary N) is 1. The molecular weight excluding hydrogens is 438 g/mol. The van der Waals surface area contributed by atoms with Crippen LogP contribution in [0.1, 0.15) is 56.3 Å². The number of unbranched alkanes of at least 4 members (excludes halogenated alkanes) is 2. The summed E-state index contributed by atoms with van der Waals surface area (Å²) >= 11 is 0. The molecule has 0 aliphatic carbocycles. The number of amides is 1. The third-order valence-corrected chi connectivity index (χ3v) is 5.09. The first-order valence-electron chi connectivity index (χ1n) is 11.4. The van der Waals surface area contributed by atoms with Gasteiger partial charge in [-0.2, -0.15) is 0 Å². The molecule has 1 atom stereocenters. The van der Waals surface area contributed by atoms with Gasteiger partial charge in [-0.1, -0.05) is 19.8 Å². The first-order valence-corrected chi connectivity index (χ1v) is 11.4. The first-order chi connectivity index (χ1) is 16.4. The van der Waals surface area contributed by atoms with Crippen LogP contribution in [-0.2, 0) is 14.3 Å². The van der Waals surface area contributed by atoms with Crippen molar-refractivity contribution in [3.05, 3.63) is 48.0 Å². The summed E-state index contributed by atoms with van der Waals surface area (Å²) in [6.07, 6.45) is 2.02. The molecule has 0 heterocycles. The van der Waals surface area contributed by atoms with Crippen molar-refractivity contribution in [1.82, 2.24) is 0 Å². The molecule has 0 aliphatic rings. The molecule has 0 radical (unpaired) electrons. The largest absolute Gasteiger partial charge is 0.497 e. The van der Waals surface area contributed by atoms with E-state index < -0.39 is 18.0 Å². The fourth-order valence-corrected chi connectivity index (χ4v) is 3.09. The number of carbonyl (C=O) groups is 3. The molecule has 2 aromatic rings. The summed E-state index contributed by atoms with van der Waals surface area (Å²) in [4.78, 5) is 37.0. The van der Waals surface area contributed by atoms with Gasteiger partial charge in [0.2, 0.25) is 0 Å². The lowest BCUT2D eigenvalue weighted by Gasteiger charge is -2.16. The SMILES string of the molecule is CCCCCOc1ccc(C(=O)CCC(=O)OC(C)C(=O)Nc2cc(OC)ccc2OC)cc1. The van der Waals surface area contributed by atoms with E-state index in [4.69, 9.17) is 18.9 Å². The molecule has 0 bridgehead atoms. The van der Waals surface area contributed by atoms with Gasteiger partial charge in [0.25, 0.3) is 5.91 Å². The Bertz CT molecular complexity index is 956. The second-order valence-electron chi connectivity index (χ2n) is 7.69. The maximum Gasteiger partial charge on any atom is 0.307 e. The summed E-state index contributed by atoms with van der Waals surface area (Å²) in [5, 5.41) is 2.66. The minimum Gasteiger partial charge on any atom is -0.497 e. The molecule has 0 aliphatic heterocycles. The third-order valence-electron chi connectivity index (χ3n) is 5.09. The highest BCUT2D eigenvalue weighted by Gasteiger charge is 2.20. The van der Waals surface area contributed by atoms with Crippen molar-refractivity contribution in [2.24, 2.45) is 0 Å². The second-order valence-corrected chi connectivity index (χ2v) is 7.69. The molecular formula is C26H33NO7. The van der Waals surface area contributed by atoms with Gasteiger partial charge in [-0.05, 0) is 49.7 Å². The summed E-state index contributed by atoms with van der Waals surface area (Å²) < 4.78 is 21.2. The van der Waals surface area contributed by atoms with Crippen LogP contribution in [0.15, 0.2) is 42.5 Å². The normalized spacial score (nSPS) is 11.3. The van der Waals surface area contributed by atoms with Gasteiger partial charge in [0.05, 0.1) is 32.9 Å².